The van der Waals surface area contributed by atoms with E-state index < -0.39 is 14.4 Å². The average molecular weight is 398 g/mol. The minimum Gasteiger partial charge on any atom is -0.444 e. The Balaban J connectivity index is 1.63. The van der Waals surface area contributed by atoms with Crippen molar-refractivity contribution in [3.63, 3.8) is 0 Å². The van der Waals surface area contributed by atoms with Crippen LogP contribution in [0.4, 0.5) is 4.79 Å². The summed E-state index contributed by atoms with van der Waals surface area (Å²) in [6.45, 7) is 10.9. The lowest BCUT2D eigenvalue weighted by Crippen LogP contribution is -2.52. The van der Waals surface area contributed by atoms with Gasteiger partial charge in [-0.2, -0.15) is 0 Å². The van der Waals surface area contributed by atoms with E-state index in [1.807, 2.05) is 31.9 Å². The van der Waals surface area contributed by atoms with Crippen molar-refractivity contribution in [3.8, 4) is 11.5 Å². The number of nitrogens with one attached hydrogen (secondary N) is 2. The van der Waals surface area contributed by atoms with Crippen LogP contribution in [-0.2, 0) is 4.74 Å². The number of likely N-dealkylation sites (tertiary alicyclic amines) is 1. The third kappa shape index (κ3) is 5.11. The normalized spacial score (nSPS) is 21.5. The Morgan fingerprint density at radius 2 is 1.96 bits per heavy atom. The molecular formula is C22H31N3O2Si. The average Bonchev–Trinajstić information content (AvgIpc) is 3.28. The molecule has 2 aliphatic rings. The summed E-state index contributed by atoms with van der Waals surface area (Å²) in [5.41, 5.74) is 6.06. The third-order valence-electron chi connectivity index (χ3n) is 4.73. The van der Waals surface area contributed by atoms with Crippen molar-refractivity contribution < 1.29 is 9.53 Å². The molecule has 2 aliphatic heterocycles. The lowest BCUT2D eigenvalue weighted by Gasteiger charge is -2.32. The summed E-state index contributed by atoms with van der Waals surface area (Å²) < 4.78 is 5.58. The Hall–Kier alpha value is -2.39. The van der Waals surface area contributed by atoms with E-state index in [4.69, 9.17) is 4.74 Å². The molecule has 2 N–H and O–H groups in total. The zero-order chi connectivity index (χ0) is 20.3. The van der Waals surface area contributed by atoms with E-state index in [1.54, 1.807) is 0 Å². The predicted molar refractivity (Wildman–Crippen MR) is 116 cm³/mol. The number of hydrogen-bond donors (Lipinski definition) is 2. The van der Waals surface area contributed by atoms with Crippen molar-refractivity contribution in [3.05, 3.63) is 41.6 Å². The molecule has 1 aromatic carbocycles. The molecule has 2 atom stereocenters. The Morgan fingerprint density at radius 1 is 1.25 bits per heavy atom. The fourth-order valence-electron chi connectivity index (χ4n) is 3.44. The lowest BCUT2D eigenvalue weighted by atomic mass is 10.1. The Morgan fingerprint density at radius 3 is 2.61 bits per heavy atom. The van der Waals surface area contributed by atoms with E-state index in [9.17, 15) is 4.79 Å². The first-order chi connectivity index (χ1) is 13.2. The first-order valence-corrected chi connectivity index (χ1v) is 13.0. The van der Waals surface area contributed by atoms with Gasteiger partial charge in [0.2, 0.25) is 0 Å². The molecule has 6 heteroatoms. The predicted octanol–water partition coefficient (Wildman–Crippen LogP) is 3.28. The van der Waals surface area contributed by atoms with Gasteiger partial charge in [-0.25, -0.2) is 4.79 Å². The van der Waals surface area contributed by atoms with Crippen molar-refractivity contribution in [1.29, 1.82) is 0 Å². The number of amides is 1. The van der Waals surface area contributed by atoms with Gasteiger partial charge in [-0.05, 0) is 51.3 Å². The third-order valence-corrected chi connectivity index (χ3v) is 5.45. The monoisotopic (exact) mass is 397 g/mol. The number of hydrogen-bond acceptors (Lipinski definition) is 4. The summed E-state index contributed by atoms with van der Waals surface area (Å²) >= 11 is 0. The molecular weight excluding hydrogens is 366 g/mol. The summed E-state index contributed by atoms with van der Waals surface area (Å²) in [6.07, 6.45) is 3.71. The van der Waals surface area contributed by atoms with Gasteiger partial charge < -0.3 is 20.3 Å². The van der Waals surface area contributed by atoms with E-state index in [1.165, 1.54) is 0 Å². The molecule has 28 heavy (non-hydrogen) atoms. The van der Waals surface area contributed by atoms with Gasteiger partial charge in [-0.15, -0.1) is 5.54 Å². The quantitative estimate of drug-likeness (QED) is 0.594. The molecule has 5 nitrogen and oxygen atoms in total. The van der Waals surface area contributed by atoms with E-state index in [0.717, 1.165) is 36.2 Å². The molecule has 0 bridgehead atoms. The summed E-state index contributed by atoms with van der Waals surface area (Å²) in [4.78, 5) is 14.4. The second-order valence-electron chi connectivity index (χ2n) is 8.73. The molecule has 2 heterocycles. The molecule has 3 rings (SSSR count). The maximum atomic E-state index is 12.5. The second kappa shape index (κ2) is 8.32. The standard InChI is InChI=1S/C22H31N3O2Si/c1-22(2,3)27-21(26)25-13-6-7-19(25)20-23-15-18(24-20)17-10-8-16(9-11-17)12-14-28(4)5/h8-11,15,19-20,23-24,28H,6-7,13H2,1-5H3/t19-,20?/m0/s1. The highest BCUT2D eigenvalue weighted by atomic mass is 28.3. The zero-order valence-corrected chi connectivity index (χ0v) is 18.7. The van der Waals surface area contributed by atoms with Crippen molar-refractivity contribution in [2.45, 2.75) is 64.5 Å². The molecule has 1 aromatic rings. The lowest BCUT2D eigenvalue weighted by molar-refractivity contribution is 0.0196. The van der Waals surface area contributed by atoms with Gasteiger partial charge >= 0.3 is 6.09 Å². The maximum Gasteiger partial charge on any atom is 0.410 e. The number of benzene rings is 1. The van der Waals surface area contributed by atoms with E-state index in [0.29, 0.717) is 0 Å². The van der Waals surface area contributed by atoms with Crippen LogP contribution in [0, 0.1) is 11.5 Å². The SMILES string of the molecule is C[SiH](C)C#Cc1ccc(C2=CNC([C@@H]3CCCN3C(=O)OC(C)(C)C)N2)cc1. The van der Waals surface area contributed by atoms with Gasteiger partial charge in [0.15, 0.2) is 0 Å². The molecule has 1 fully saturated rings. The highest BCUT2D eigenvalue weighted by molar-refractivity contribution is 6.64. The molecule has 0 saturated carbocycles. The van der Waals surface area contributed by atoms with Gasteiger partial charge in [0.05, 0.1) is 11.7 Å². The van der Waals surface area contributed by atoms with Crippen LogP contribution in [0.3, 0.4) is 0 Å². The van der Waals surface area contributed by atoms with Crippen molar-refractivity contribution >= 4 is 20.6 Å². The van der Waals surface area contributed by atoms with Crippen LogP contribution in [0.25, 0.3) is 5.70 Å². The van der Waals surface area contributed by atoms with Crippen LogP contribution in [0.5, 0.6) is 0 Å². The fourth-order valence-corrected chi connectivity index (χ4v) is 3.90. The Bertz CT molecular complexity index is 800. The summed E-state index contributed by atoms with van der Waals surface area (Å²) in [7, 11) is -0.862. The smallest absolute Gasteiger partial charge is 0.410 e. The largest absolute Gasteiger partial charge is 0.444 e. The summed E-state index contributed by atoms with van der Waals surface area (Å²) in [5, 5.41) is 6.94. The van der Waals surface area contributed by atoms with Crippen LogP contribution in [-0.4, -0.2) is 44.1 Å². The van der Waals surface area contributed by atoms with Crippen LogP contribution >= 0.6 is 0 Å². The number of carbonyl (C=O) groups is 1. The molecule has 0 radical (unpaired) electrons. The second-order valence-corrected chi connectivity index (χ2v) is 11.3. The van der Waals surface area contributed by atoms with Crippen LogP contribution in [0.15, 0.2) is 30.5 Å². The van der Waals surface area contributed by atoms with E-state index in [-0.39, 0.29) is 18.3 Å². The molecule has 0 spiro atoms. The number of carbonyl (C=O) groups excluding carboxylic acids is 1. The fraction of sp³-hybridized carbons (Fsp3) is 0.500. The van der Waals surface area contributed by atoms with Crippen LogP contribution < -0.4 is 10.6 Å². The molecule has 0 aliphatic carbocycles. The molecule has 1 unspecified atom stereocenters. The van der Waals surface area contributed by atoms with E-state index in [2.05, 4.69) is 59.5 Å². The first kappa shape index (κ1) is 20.3. The topological polar surface area (TPSA) is 53.6 Å². The maximum absolute atomic E-state index is 12.5. The zero-order valence-electron chi connectivity index (χ0n) is 17.5. The van der Waals surface area contributed by atoms with Crippen molar-refractivity contribution in [2.75, 3.05) is 6.54 Å². The van der Waals surface area contributed by atoms with Gasteiger partial charge in [-0.3, -0.25) is 0 Å². The highest BCUT2D eigenvalue weighted by Crippen LogP contribution is 2.26. The van der Waals surface area contributed by atoms with Crippen molar-refractivity contribution in [1.82, 2.24) is 15.5 Å². The number of ether oxygens (including phenoxy) is 1. The van der Waals surface area contributed by atoms with Crippen LogP contribution in [0.2, 0.25) is 13.1 Å². The minimum atomic E-state index is -0.862. The highest BCUT2D eigenvalue weighted by Gasteiger charge is 2.38. The minimum absolute atomic E-state index is 0.00331. The van der Waals surface area contributed by atoms with E-state index >= 15 is 0 Å². The molecule has 1 saturated heterocycles. The molecule has 0 aromatic heterocycles. The van der Waals surface area contributed by atoms with Crippen LogP contribution in [0.1, 0.15) is 44.7 Å². The Kier molecular flexibility index (Phi) is 6.04. The van der Waals surface area contributed by atoms with Gasteiger partial charge in [0, 0.05) is 18.3 Å². The first-order valence-electron chi connectivity index (χ1n) is 10.1. The van der Waals surface area contributed by atoms with Gasteiger partial charge in [0.25, 0.3) is 0 Å². The number of rotatable bonds is 2. The molecule has 150 valence electrons. The van der Waals surface area contributed by atoms with Gasteiger partial charge in [0.1, 0.15) is 20.6 Å². The summed E-state index contributed by atoms with van der Waals surface area (Å²) in [6, 6.07) is 8.39. The molecule has 1 amide bonds. The number of nitrogens with zero attached hydrogens (tertiary/aromatic N) is 1. The van der Waals surface area contributed by atoms with Crippen molar-refractivity contribution in [2.24, 2.45) is 0 Å². The Labute approximate surface area is 170 Å². The summed E-state index contributed by atoms with van der Waals surface area (Å²) in [5.74, 6) is 3.25. The van der Waals surface area contributed by atoms with Gasteiger partial charge in [-0.1, -0.05) is 31.1 Å².